The molecule has 0 atom stereocenters. The summed E-state index contributed by atoms with van der Waals surface area (Å²) in [5.74, 6) is 0.248. The smallest absolute Gasteiger partial charge is 0.291 e. The molecule has 33 heavy (non-hydrogen) atoms. The number of carbonyl (C=O) groups excluding carboxylic acids is 1. The van der Waals surface area contributed by atoms with Gasteiger partial charge in [0.1, 0.15) is 12.4 Å². The summed E-state index contributed by atoms with van der Waals surface area (Å²) in [5.41, 5.74) is 5.40. The zero-order valence-electron chi connectivity index (χ0n) is 17.5. The van der Waals surface area contributed by atoms with Gasteiger partial charge in [0.25, 0.3) is 5.91 Å². The summed E-state index contributed by atoms with van der Waals surface area (Å²) < 4.78 is 7.53. The quantitative estimate of drug-likeness (QED) is 0.265. The summed E-state index contributed by atoms with van der Waals surface area (Å²) in [6, 6.07) is 24.2. The SMILES string of the molecule is O=C(N/N=C/c1ccccc1OCc1ccccc1)c1ccn(Cc2ccc(Cl)cc2Cl)n1. The topological polar surface area (TPSA) is 68.5 Å². The van der Waals surface area contributed by atoms with Gasteiger partial charge in [-0.1, -0.05) is 71.7 Å². The van der Waals surface area contributed by atoms with Crippen molar-refractivity contribution in [1.82, 2.24) is 15.2 Å². The van der Waals surface area contributed by atoms with E-state index in [-0.39, 0.29) is 5.69 Å². The molecule has 0 aliphatic heterocycles. The van der Waals surface area contributed by atoms with Gasteiger partial charge in [-0.05, 0) is 41.5 Å². The van der Waals surface area contributed by atoms with E-state index in [4.69, 9.17) is 27.9 Å². The van der Waals surface area contributed by atoms with Crippen molar-refractivity contribution in [3.05, 3.63) is 117 Å². The van der Waals surface area contributed by atoms with Crippen molar-refractivity contribution in [2.75, 3.05) is 0 Å². The lowest BCUT2D eigenvalue weighted by Crippen LogP contribution is -2.18. The number of para-hydroxylation sites is 1. The number of nitrogens with one attached hydrogen (secondary N) is 1. The number of nitrogens with zero attached hydrogens (tertiary/aromatic N) is 3. The lowest BCUT2D eigenvalue weighted by molar-refractivity contribution is 0.0949. The molecule has 1 N–H and O–H groups in total. The third kappa shape index (κ3) is 6.22. The zero-order valence-corrected chi connectivity index (χ0v) is 19.0. The molecule has 0 bridgehead atoms. The Kier molecular flexibility index (Phi) is 7.40. The van der Waals surface area contributed by atoms with E-state index in [1.807, 2.05) is 60.7 Å². The van der Waals surface area contributed by atoms with Gasteiger partial charge in [-0.15, -0.1) is 0 Å². The lowest BCUT2D eigenvalue weighted by atomic mass is 10.2. The van der Waals surface area contributed by atoms with Gasteiger partial charge < -0.3 is 4.74 Å². The van der Waals surface area contributed by atoms with Crippen LogP contribution in [0.5, 0.6) is 5.75 Å². The van der Waals surface area contributed by atoms with Crippen LogP contribution in [0.1, 0.15) is 27.2 Å². The average Bonchev–Trinajstić information content (AvgIpc) is 3.30. The van der Waals surface area contributed by atoms with Crippen LogP contribution >= 0.6 is 23.2 Å². The highest BCUT2D eigenvalue weighted by molar-refractivity contribution is 6.35. The molecule has 0 aliphatic rings. The largest absolute Gasteiger partial charge is 0.488 e. The van der Waals surface area contributed by atoms with Crippen LogP contribution in [0, 0.1) is 0 Å². The minimum absolute atomic E-state index is 0.242. The number of hydrazone groups is 1. The van der Waals surface area contributed by atoms with Gasteiger partial charge in [0.2, 0.25) is 0 Å². The number of benzene rings is 3. The summed E-state index contributed by atoms with van der Waals surface area (Å²) in [6.45, 7) is 0.853. The standard InChI is InChI=1S/C25H20Cl2N4O2/c26-21-11-10-20(22(27)14-21)16-31-13-12-23(30-31)25(32)29-28-15-19-8-4-5-9-24(19)33-17-18-6-2-1-3-7-18/h1-15H,16-17H2,(H,29,32)/b28-15+. The van der Waals surface area contributed by atoms with Crippen LogP contribution in [0.4, 0.5) is 0 Å². The Labute approximate surface area is 201 Å². The first-order valence-electron chi connectivity index (χ1n) is 10.1. The molecule has 6 nitrogen and oxygen atoms in total. The van der Waals surface area contributed by atoms with E-state index in [0.717, 1.165) is 16.7 Å². The van der Waals surface area contributed by atoms with Gasteiger partial charge in [0.15, 0.2) is 5.69 Å². The molecular weight excluding hydrogens is 459 g/mol. The predicted molar refractivity (Wildman–Crippen MR) is 130 cm³/mol. The molecule has 0 unspecified atom stereocenters. The van der Waals surface area contributed by atoms with Gasteiger partial charge >= 0.3 is 0 Å². The number of carbonyl (C=O) groups is 1. The molecule has 0 aliphatic carbocycles. The first-order chi connectivity index (χ1) is 16.1. The Morgan fingerprint density at radius 3 is 2.64 bits per heavy atom. The van der Waals surface area contributed by atoms with Gasteiger partial charge in [0, 0.05) is 21.8 Å². The first kappa shape index (κ1) is 22.6. The summed E-state index contributed by atoms with van der Waals surface area (Å²) in [6.07, 6.45) is 3.25. The van der Waals surface area contributed by atoms with Crippen molar-refractivity contribution in [1.29, 1.82) is 0 Å². The molecule has 0 radical (unpaired) electrons. The molecule has 1 heterocycles. The van der Waals surface area contributed by atoms with Gasteiger partial charge in [0.05, 0.1) is 12.8 Å². The Hall–Kier alpha value is -3.61. The number of hydrogen-bond donors (Lipinski definition) is 1. The Bertz CT molecular complexity index is 1270. The monoisotopic (exact) mass is 478 g/mol. The van der Waals surface area contributed by atoms with Crippen molar-refractivity contribution in [3.63, 3.8) is 0 Å². The maximum Gasteiger partial charge on any atom is 0.291 e. The number of halogens is 2. The normalized spacial score (nSPS) is 11.0. The van der Waals surface area contributed by atoms with Crippen molar-refractivity contribution in [3.8, 4) is 5.75 Å². The lowest BCUT2D eigenvalue weighted by Gasteiger charge is -2.08. The van der Waals surface area contributed by atoms with Crippen LogP contribution < -0.4 is 10.2 Å². The molecule has 0 fully saturated rings. The fourth-order valence-electron chi connectivity index (χ4n) is 3.07. The maximum atomic E-state index is 12.4. The first-order valence-corrected chi connectivity index (χ1v) is 10.9. The Morgan fingerprint density at radius 2 is 1.82 bits per heavy atom. The van der Waals surface area contributed by atoms with E-state index in [9.17, 15) is 4.79 Å². The molecule has 0 saturated heterocycles. The van der Waals surface area contributed by atoms with E-state index in [1.54, 1.807) is 35.3 Å². The van der Waals surface area contributed by atoms with Gasteiger partial charge in [-0.25, -0.2) is 5.43 Å². The van der Waals surface area contributed by atoms with Gasteiger partial charge in [-0.2, -0.15) is 10.2 Å². The summed E-state index contributed by atoms with van der Waals surface area (Å²) in [4.78, 5) is 12.4. The van der Waals surface area contributed by atoms with Crippen LogP contribution in [0.15, 0.2) is 90.2 Å². The number of aromatic nitrogens is 2. The van der Waals surface area contributed by atoms with Crippen molar-refractivity contribution >= 4 is 35.3 Å². The third-order valence-electron chi connectivity index (χ3n) is 4.75. The second kappa shape index (κ2) is 10.8. The average molecular weight is 479 g/mol. The molecule has 0 saturated carbocycles. The van der Waals surface area contributed by atoms with Crippen LogP contribution in [0.2, 0.25) is 10.0 Å². The fourth-order valence-corrected chi connectivity index (χ4v) is 3.54. The molecule has 166 valence electrons. The predicted octanol–water partition coefficient (Wildman–Crippen LogP) is 5.58. The highest BCUT2D eigenvalue weighted by Gasteiger charge is 2.10. The summed E-state index contributed by atoms with van der Waals surface area (Å²) in [7, 11) is 0. The highest BCUT2D eigenvalue weighted by Crippen LogP contribution is 2.22. The number of amides is 1. The second-order valence-electron chi connectivity index (χ2n) is 7.15. The summed E-state index contributed by atoms with van der Waals surface area (Å²) >= 11 is 12.1. The van der Waals surface area contributed by atoms with Crippen LogP contribution in [0.25, 0.3) is 0 Å². The number of ether oxygens (including phenoxy) is 1. The van der Waals surface area contributed by atoms with E-state index in [0.29, 0.717) is 28.9 Å². The van der Waals surface area contributed by atoms with Crippen LogP contribution in [-0.4, -0.2) is 21.9 Å². The zero-order chi connectivity index (χ0) is 23.0. The molecule has 8 heteroatoms. The van der Waals surface area contributed by atoms with Crippen LogP contribution in [0.3, 0.4) is 0 Å². The molecular formula is C25H20Cl2N4O2. The molecule has 1 aromatic heterocycles. The third-order valence-corrected chi connectivity index (χ3v) is 5.33. The molecule has 4 aromatic rings. The minimum atomic E-state index is -0.421. The molecule has 3 aromatic carbocycles. The van der Waals surface area contributed by atoms with E-state index in [2.05, 4.69) is 15.6 Å². The highest BCUT2D eigenvalue weighted by atomic mass is 35.5. The number of hydrogen-bond acceptors (Lipinski definition) is 4. The van der Waals surface area contributed by atoms with Crippen LogP contribution in [-0.2, 0) is 13.2 Å². The maximum absolute atomic E-state index is 12.4. The molecule has 1 amide bonds. The van der Waals surface area contributed by atoms with Gasteiger partial charge in [-0.3, -0.25) is 9.48 Å². The molecule has 0 spiro atoms. The van der Waals surface area contributed by atoms with Crippen molar-refractivity contribution in [2.45, 2.75) is 13.2 Å². The minimum Gasteiger partial charge on any atom is -0.488 e. The van der Waals surface area contributed by atoms with Crippen molar-refractivity contribution in [2.24, 2.45) is 5.10 Å². The number of rotatable bonds is 8. The van der Waals surface area contributed by atoms with Crippen molar-refractivity contribution < 1.29 is 9.53 Å². The van der Waals surface area contributed by atoms with E-state index < -0.39 is 5.91 Å². The summed E-state index contributed by atoms with van der Waals surface area (Å²) in [5, 5.41) is 9.46. The Morgan fingerprint density at radius 1 is 1.03 bits per heavy atom. The molecule has 4 rings (SSSR count). The Balaban J connectivity index is 1.36. The van der Waals surface area contributed by atoms with E-state index in [1.165, 1.54) is 0 Å². The second-order valence-corrected chi connectivity index (χ2v) is 7.99. The fraction of sp³-hybridized carbons (Fsp3) is 0.0800. The van der Waals surface area contributed by atoms with E-state index >= 15 is 0 Å².